The van der Waals surface area contributed by atoms with E-state index in [1.165, 1.54) is 11.3 Å². The molecule has 0 atom stereocenters. The third kappa shape index (κ3) is 2.14. The van der Waals surface area contributed by atoms with Crippen molar-refractivity contribution in [2.45, 2.75) is 6.54 Å². The molecule has 0 aliphatic heterocycles. The van der Waals surface area contributed by atoms with Crippen molar-refractivity contribution in [1.82, 2.24) is 9.88 Å². The Bertz CT molecular complexity index is 749. The fourth-order valence-corrected chi connectivity index (χ4v) is 3.05. The van der Waals surface area contributed by atoms with E-state index in [9.17, 15) is 4.79 Å². The number of fused-ring (bicyclic) bond motifs is 1. The lowest BCUT2D eigenvalue weighted by Gasteiger charge is -2.14. The highest BCUT2D eigenvalue weighted by atomic mass is 32.1. The second-order valence-corrected chi connectivity index (χ2v) is 5.44. The zero-order chi connectivity index (χ0) is 14.1. The van der Waals surface area contributed by atoms with E-state index in [1.54, 1.807) is 30.5 Å². The van der Waals surface area contributed by atoms with Gasteiger partial charge in [0.1, 0.15) is 15.5 Å². The number of aromatic nitrogens is 1. The third-order valence-corrected chi connectivity index (χ3v) is 4.14. The van der Waals surface area contributed by atoms with Crippen LogP contribution in [-0.2, 0) is 6.54 Å². The summed E-state index contributed by atoms with van der Waals surface area (Å²) in [6, 6.07) is 7.31. The second kappa shape index (κ2) is 4.97. The molecule has 2 N–H and O–H groups in total. The van der Waals surface area contributed by atoms with Crippen LogP contribution in [0, 0.1) is 0 Å². The topological polar surface area (TPSA) is 72.4 Å². The molecule has 5 nitrogen and oxygen atoms in total. The van der Waals surface area contributed by atoms with Gasteiger partial charge in [-0.05, 0) is 24.3 Å². The van der Waals surface area contributed by atoms with Crippen LogP contribution in [0.25, 0.3) is 10.2 Å². The van der Waals surface area contributed by atoms with Gasteiger partial charge in [0.15, 0.2) is 0 Å². The third-order valence-electron chi connectivity index (χ3n) is 3.02. The van der Waals surface area contributed by atoms with E-state index in [0.717, 1.165) is 16.0 Å². The van der Waals surface area contributed by atoms with Gasteiger partial charge in [-0.1, -0.05) is 0 Å². The highest BCUT2D eigenvalue weighted by molar-refractivity contribution is 7.21. The lowest BCUT2D eigenvalue weighted by Crippen LogP contribution is -2.25. The molecule has 102 valence electrons. The average molecular weight is 287 g/mol. The number of thiophene rings is 1. The Morgan fingerprint density at radius 3 is 3.00 bits per heavy atom. The van der Waals surface area contributed by atoms with Crippen LogP contribution in [0.15, 0.2) is 41.1 Å². The van der Waals surface area contributed by atoms with Gasteiger partial charge in [-0.15, -0.1) is 11.3 Å². The number of anilines is 1. The number of carbonyl (C=O) groups excluding carboxylic acids is 1. The molecule has 3 rings (SSSR count). The Morgan fingerprint density at radius 1 is 1.45 bits per heavy atom. The molecular formula is C14H13N3O2S. The van der Waals surface area contributed by atoms with Crippen molar-refractivity contribution in [2.24, 2.45) is 0 Å². The van der Waals surface area contributed by atoms with Crippen molar-refractivity contribution in [3.05, 3.63) is 47.4 Å². The molecule has 0 aromatic carbocycles. The molecule has 0 saturated heterocycles. The van der Waals surface area contributed by atoms with Crippen molar-refractivity contribution in [2.75, 3.05) is 12.8 Å². The summed E-state index contributed by atoms with van der Waals surface area (Å²) in [6.07, 6.45) is 3.28. The summed E-state index contributed by atoms with van der Waals surface area (Å²) in [4.78, 5) is 19.6. The molecule has 3 aromatic heterocycles. The molecule has 0 saturated carbocycles. The summed E-state index contributed by atoms with van der Waals surface area (Å²) in [5, 5.41) is 0.826. The van der Waals surface area contributed by atoms with Gasteiger partial charge in [-0.25, -0.2) is 4.98 Å². The first-order valence-corrected chi connectivity index (χ1v) is 6.89. The number of pyridine rings is 1. The summed E-state index contributed by atoms with van der Waals surface area (Å²) >= 11 is 1.32. The zero-order valence-electron chi connectivity index (χ0n) is 10.9. The predicted octanol–water partition coefficient (Wildman–Crippen LogP) is 2.74. The average Bonchev–Trinajstić information content (AvgIpc) is 3.07. The highest BCUT2D eigenvalue weighted by Gasteiger charge is 2.20. The Morgan fingerprint density at radius 2 is 2.30 bits per heavy atom. The Balaban J connectivity index is 1.90. The maximum absolute atomic E-state index is 12.4. The quantitative estimate of drug-likeness (QED) is 0.804. The first-order valence-electron chi connectivity index (χ1n) is 6.07. The number of furan rings is 1. The second-order valence-electron chi connectivity index (χ2n) is 4.44. The molecule has 0 aliphatic rings. The van der Waals surface area contributed by atoms with E-state index in [0.29, 0.717) is 17.1 Å². The van der Waals surface area contributed by atoms with E-state index < -0.39 is 0 Å². The molecule has 0 spiro atoms. The number of carbonyl (C=O) groups is 1. The molecule has 3 heterocycles. The molecule has 20 heavy (non-hydrogen) atoms. The van der Waals surface area contributed by atoms with E-state index in [-0.39, 0.29) is 5.91 Å². The van der Waals surface area contributed by atoms with Crippen LogP contribution in [0.5, 0.6) is 0 Å². The molecule has 1 amide bonds. The largest absolute Gasteiger partial charge is 0.467 e. The number of nitrogens with zero attached hydrogens (tertiary/aromatic N) is 2. The first-order chi connectivity index (χ1) is 9.66. The zero-order valence-corrected chi connectivity index (χ0v) is 11.7. The van der Waals surface area contributed by atoms with Crippen molar-refractivity contribution in [3.63, 3.8) is 0 Å². The van der Waals surface area contributed by atoms with Crippen LogP contribution >= 0.6 is 11.3 Å². The van der Waals surface area contributed by atoms with E-state index in [1.807, 2.05) is 18.2 Å². The fraction of sp³-hybridized carbons (Fsp3) is 0.143. The van der Waals surface area contributed by atoms with Crippen LogP contribution in [-0.4, -0.2) is 22.8 Å². The molecule has 0 radical (unpaired) electrons. The minimum absolute atomic E-state index is 0.123. The number of rotatable bonds is 3. The van der Waals surface area contributed by atoms with Crippen molar-refractivity contribution >= 4 is 33.1 Å². The maximum Gasteiger partial charge on any atom is 0.266 e. The summed E-state index contributed by atoms with van der Waals surface area (Å²) < 4.78 is 5.25. The minimum Gasteiger partial charge on any atom is -0.467 e. The van der Waals surface area contributed by atoms with Crippen LogP contribution in [0.2, 0.25) is 0 Å². The predicted molar refractivity (Wildman–Crippen MR) is 78.5 cm³/mol. The van der Waals surface area contributed by atoms with Crippen molar-refractivity contribution in [3.8, 4) is 0 Å². The Hall–Kier alpha value is -2.34. The van der Waals surface area contributed by atoms with Crippen LogP contribution in [0.1, 0.15) is 15.4 Å². The summed E-state index contributed by atoms with van der Waals surface area (Å²) in [5.74, 6) is 0.612. The van der Waals surface area contributed by atoms with Crippen molar-refractivity contribution < 1.29 is 9.21 Å². The van der Waals surface area contributed by atoms with E-state index in [2.05, 4.69) is 4.98 Å². The van der Waals surface area contributed by atoms with Gasteiger partial charge in [0.2, 0.25) is 0 Å². The minimum atomic E-state index is -0.123. The lowest BCUT2D eigenvalue weighted by molar-refractivity contribution is 0.0781. The van der Waals surface area contributed by atoms with Gasteiger partial charge < -0.3 is 15.1 Å². The van der Waals surface area contributed by atoms with Gasteiger partial charge in [-0.2, -0.15) is 0 Å². The molecule has 3 aromatic rings. The normalized spacial score (nSPS) is 10.8. The van der Waals surface area contributed by atoms with E-state index in [4.69, 9.17) is 10.2 Å². The van der Waals surface area contributed by atoms with Gasteiger partial charge in [0, 0.05) is 18.6 Å². The number of nitrogens with two attached hydrogens (primary N) is 1. The summed E-state index contributed by atoms with van der Waals surface area (Å²) in [7, 11) is 1.72. The molecule has 0 aliphatic carbocycles. The first kappa shape index (κ1) is 12.7. The number of nitrogen functional groups attached to an aromatic ring is 1. The monoisotopic (exact) mass is 287 g/mol. The standard InChI is InChI=1S/C14H13N3O2S/c1-17(8-9-4-3-7-19-9)14(18)12-11(15)10-5-2-6-16-13(10)20-12/h2-7H,8,15H2,1H3. The fourth-order valence-electron chi connectivity index (χ4n) is 1.99. The number of amides is 1. The molecule has 0 fully saturated rings. The SMILES string of the molecule is CN(Cc1ccco1)C(=O)c1sc2ncccc2c1N. The van der Waals surface area contributed by atoms with Crippen LogP contribution < -0.4 is 5.73 Å². The maximum atomic E-state index is 12.4. The van der Waals surface area contributed by atoms with Crippen LogP contribution in [0.4, 0.5) is 5.69 Å². The Labute approximate surface area is 119 Å². The summed E-state index contributed by atoms with van der Waals surface area (Å²) in [6.45, 7) is 0.410. The van der Waals surface area contributed by atoms with Gasteiger partial charge >= 0.3 is 0 Å². The molecule has 6 heteroatoms. The van der Waals surface area contributed by atoms with E-state index >= 15 is 0 Å². The molecule has 0 bridgehead atoms. The Kier molecular flexibility index (Phi) is 3.15. The number of hydrogen-bond acceptors (Lipinski definition) is 5. The molecular weight excluding hydrogens is 274 g/mol. The number of hydrogen-bond donors (Lipinski definition) is 1. The lowest BCUT2D eigenvalue weighted by atomic mass is 10.2. The van der Waals surface area contributed by atoms with Crippen LogP contribution in [0.3, 0.4) is 0 Å². The molecule has 0 unspecified atom stereocenters. The highest BCUT2D eigenvalue weighted by Crippen LogP contribution is 2.32. The van der Waals surface area contributed by atoms with Gasteiger partial charge in [-0.3, -0.25) is 4.79 Å². The van der Waals surface area contributed by atoms with Gasteiger partial charge in [0.05, 0.1) is 18.5 Å². The van der Waals surface area contributed by atoms with Gasteiger partial charge in [0.25, 0.3) is 5.91 Å². The summed E-state index contributed by atoms with van der Waals surface area (Å²) in [5.41, 5.74) is 6.55. The van der Waals surface area contributed by atoms with Crippen molar-refractivity contribution in [1.29, 1.82) is 0 Å². The smallest absolute Gasteiger partial charge is 0.266 e.